The lowest BCUT2D eigenvalue weighted by molar-refractivity contribution is 0.0355. The molecule has 26 heavy (non-hydrogen) atoms. The van der Waals surface area contributed by atoms with Crippen LogP contribution in [0.3, 0.4) is 0 Å². The first-order valence-corrected chi connectivity index (χ1v) is 10.0. The van der Waals surface area contributed by atoms with Crippen LogP contribution < -0.4 is 0 Å². The minimum atomic E-state index is 0.0835. The van der Waals surface area contributed by atoms with Crippen molar-refractivity contribution in [3.8, 4) is 0 Å². The van der Waals surface area contributed by atoms with E-state index in [9.17, 15) is 4.79 Å². The Morgan fingerprint density at radius 3 is 2.50 bits per heavy atom. The minimum absolute atomic E-state index is 0.0835. The van der Waals surface area contributed by atoms with E-state index in [1.54, 1.807) is 12.4 Å². The molecule has 1 fully saturated rings. The van der Waals surface area contributed by atoms with Gasteiger partial charge in [0.2, 0.25) is 0 Å². The van der Waals surface area contributed by atoms with Gasteiger partial charge < -0.3 is 9.64 Å². The number of benzene rings is 1. The molecule has 1 aliphatic rings. The Balaban J connectivity index is 1.64. The molecule has 0 unspecified atom stereocenters. The fraction of sp³-hybridized carbons (Fsp3) is 0.400. The van der Waals surface area contributed by atoms with Crippen LogP contribution in [0.15, 0.2) is 48.8 Å². The van der Waals surface area contributed by atoms with Crippen molar-refractivity contribution in [1.29, 1.82) is 0 Å². The summed E-state index contributed by atoms with van der Waals surface area (Å²) in [7, 11) is 0. The van der Waals surface area contributed by atoms with Gasteiger partial charge in [-0.25, -0.2) is 0 Å². The second-order valence-corrected chi connectivity index (χ2v) is 7.64. The number of carbonyl (C=O) groups excluding carboxylic acids is 1. The van der Waals surface area contributed by atoms with Gasteiger partial charge in [0.1, 0.15) is 0 Å². The Morgan fingerprint density at radius 2 is 1.81 bits per heavy atom. The van der Waals surface area contributed by atoms with Crippen molar-refractivity contribution in [2.75, 3.05) is 39.4 Å². The van der Waals surface area contributed by atoms with Crippen molar-refractivity contribution >= 4 is 28.5 Å². The number of hydrogen-bond donors (Lipinski definition) is 0. The molecular weight excluding hydrogens is 441 g/mol. The summed E-state index contributed by atoms with van der Waals surface area (Å²) in [5, 5.41) is 0. The van der Waals surface area contributed by atoms with Crippen molar-refractivity contribution in [2.24, 2.45) is 0 Å². The van der Waals surface area contributed by atoms with E-state index < -0.39 is 0 Å². The number of nitrogens with zero attached hydrogens (tertiary/aromatic N) is 3. The van der Waals surface area contributed by atoms with Crippen molar-refractivity contribution in [3.63, 3.8) is 0 Å². The third-order valence-corrected chi connectivity index (χ3v) is 5.23. The van der Waals surface area contributed by atoms with Gasteiger partial charge in [0.15, 0.2) is 0 Å². The van der Waals surface area contributed by atoms with Crippen LogP contribution in [0, 0.1) is 3.57 Å². The van der Waals surface area contributed by atoms with Gasteiger partial charge in [-0.15, -0.1) is 0 Å². The number of morpholine rings is 1. The third-order valence-electron chi connectivity index (χ3n) is 4.51. The molecule has 0 bridgehead atoms. The summed E-state index contributed by atoms with van der Waals surface area (Å²) in [4.78, 5) is 21.4. The van der Waals surface area contributed by atoms with Crippen LogP contribution in [-0.4, -0.2) is 60.1 Å². The summed E-state index contributed by atoms with van der Waals surface area (Å²) in [6.07, 6.45) is 4.51. The van der Waals surface area contributed by atoms with E-state index in [0.29, 0.717) is 6.54 Å². The minimum Gasteiger partial charge on any atom is -0.379 e. The molecule has 0 spiro atoms. The molecule has 0 atom stereocenters. The summed E-state index contributed by atoms with van der Waals surface area (Å²) in [5.74, 6) is 0.0835. The normalized spacial score (nSPS) is 15.0. The lowest BCUT2D eigenvalue weighted by Crippen LogP contribution is -2.39. The number of halogens is 1. The molecule has 0 saturated carbocycles. The van der Waals surface area contributed by atoms with Crippen LogP contribution in [0.4, 0.5) is 0 Å². The molecule has 3 rings (SSSR count). The van der Waals surface area contributed by atoms with Crippen LogP contribution in [-0.2, 0) is 11.3 Å². The number of pyridine rings is 1. The molecular formula is C20H24IN3O2. The van der Waals surface area contributed by atoms with Gasteiger partial charge in [0.25, 0.3) is 5.91 Å². The summed E-state index contributed by atoms with van der Waals surface area (Å²) >= 11 is 2.26. The molecule has 0 aliphatic carbocycles. The molecule has 2 heterocycles. The van der Waals surface area contributed by atoms with Gasteiger partial charge in [-0.3, -0.25) is 14.7 Å². The average molecular weight is 465 g/mol. The van der Waals surface area contributed by atoms with Gasteiger partial charge in [0, 0.05) is 54.3 Å². The molecule has 1 aliphatic heterocycles. The Hall–Kier alpha value is -1.51. The highest BCUT2D eigenvalue weighted by Gasteiger charge is 2.17. The highest BCUT2D eigenvalue weighted by molar-refractivity contribution is 14.1. The SMILES string of the molecule is O=C(c1ccc(I)cc1)N(CCCN1CCOCC1)Cc1ccncc1. The van der Waals surface area contributed by atoms with E-state index >= 15 is 0 Å². The Labute approximate surface area is 168 Å². The van der Waals surface area contributed by atoms with Crippen LogP contribution in [0.2, 0.25) is 0 Å². The van der Waals surface area contributed by atoms with Gasteiger partial charge >= 0.3 is 0 Å². The van der Waals surface area contributed by atoms with E-state index in [-0.39, 0.29) is 5.91 Å². The van der Waals surface area contributed by atoms with E-state index in [2.05, 4.69) is 32.5 Å². The maximum atomic E-state index is 13.0. The number of carbonyl (C=O) groups is 1. The monoisotopic (exact) mass is 465 g/mol. The Kier molecular flexibility index (Phi) is 7.40. The summed E-state index contributed by atoms with van der Waals surface area (Å²) < 4.78 is 6.53. The van der Waals surface area contributed by atoms with Crippen LogP contribution >= 0.6 is 22.6 Å². The number of aromatic nitrogens is 1. The maximum Gasteiger partial charge on any atom is 0.254 e. The van der Waals surface area contributed by atoms with Crippen LogP contribution in [0.5, 0.6) is 0 Å². The molecule has 0 radical (unpaired) electrons. The zero-order valence-electron chi connectivity index (χ0n) is 14.8. The molecule has 0 N–H and O–H groups in total. The molecule has 1 amide bonds. The topological polar surface area (TPSA) is 45.7 Å². The van der Waals surface area contributed by atoms with E-state index in [1.807, 2.05) is 41.3 Å². The van der Waals surface area contributed by atoms with Gasteiger partial charge in [-0.2, -0.15) is 0 Å². The first-order chi connectivity index (χ1) is 12.7. The lowest BCUT2D eigenvalue weighted by Gasteiger charge is -2.28. The van der Waals surface area contributed by atoms with E-state index in [1.165, 1.54) is 0 Å². The number of ether oxygens (including phenoxy) is 1. The quantitative estimate of drug-likeness (QED) is 0.590. The summed E-state index contributed by atoms with van der Waals surface area (Å²) in [5.41, 5.74) is 1.84. The van der Waals surface area contributed by atoms with Crippen LogP contribution in [0.25, 0.3) is 0 Å². The van der Waals surface area contributed by atoms with E-state index in [4.69, 9.17) is 4.74 Å². The third kappa shape index (κ3) is 5.75. The molecule has 138 valence electrons. The number of hydrogen-bond acceptors (Lipinski definition) is 4. The number of amides is 1. The Morgan fingerprint density at radius 1 is 1.12 bits per heavy atom. The molecule has 5 nitrogen and oxygen atoms in total. The average Bonchev–Trinajstić information content (AvgIpc) is 2.69. The van der Waals surface area contributed by atoms with Gasteiger partial charge in [0.05, 0.1) is 13.2 Å². The van der Waals surface area contributed by atoms with Gasteiger partial charge in [-0.05, 0) is 71.0 Å². The fourth-order valence-electron chi connectivity index (χ4n) is 3.05. The van der Waals surface area contributed by atoms with E-state index in [0.717, 1.165) is 60.5 Å². The van der Waals surface area contributed by atoms with Gasteiger partial charge in [-0.1, -0.05) is 0 Å². The molecule has 1 saturated heterocycles. The van der Waals surface area contributed by atoms with Crippen molar-refractivity contribution < 1.29 is 9.53 Å². The standard InChI is InChI=1S/C20H24IN3O2/c21-19-4-2-18(3-5-19)20(25)24(16-17-6-8-22-9-7-17)11-1-10-23-12-14-26-15-13-23/h2-9H,1,10-16H2. The van der Waals surface area contributed by atoms with Crippen molar-refractivity contribution in [1.82, 2.24) is 14.8 Å². The predicted molar refractivity (Wildman–Crippen MR) is 110 cm³/mol. The largest absolute Gasteiger partial charge is 0.379 e. The Bertz CT molecular complexity index is 688. The zero-order valence-corrected chi connectivity index (χ0v) is 17.0. The zero-order chi connectivity index (χ0) is 18.2. The highest BCUT2D eigenvalue weighted by atomic mass is 127. The second-order valence-electron chi connectivity index (χ2n) is 6.40. The maximum absolute atomic E-state index is 13.0. The first kappa shape index (κ1) is 19.3. The highest BCUT2D eigenvalue weighted by Crippen LogP contribution is 2.13. The van der Waals surface area contributed by atoms with Crippen molar-refractivity contribution in [2.45, 2.75) is 13.0 Å². The summed E-state index contributed by atoms with van der Waals surface area (Å²) in [6, 6.07) is 11.7. The van der Waals surface area contributed by atoms with Crippen LogP contribution in [0.1, 0.15) is 22.3 Å². The molecule has 6 heteroatoms. The first-order valence-electron chi connectivity index (χ1n) is 8.96. The fourth-order valence-corrected chi connectivity index (χ4v) is 3.41. The lowest BCUT2D eigenvalue weighted by atomic mass is 10.1. The van der Waals surface area contributed by atoms with Crippen molar-refractivity contribution in [3.05, 3.63) is 63.5 Å². The molecule has 1 aromatic carbocycles. The number of rotatable bonds is 7. The molecule has 1 aromatic heterocycles. The predicted octanol–water partition coefficient (Wildman–Crippen LogP) is 3.05. The molecule has 2 aromatic rings. The second kappa shape index (κ2) is 9.99. The summed E-state index contributed by atoms with van der Waals surface area (Å²) in [6.45, 7) is 5.92. The smallest absolute Gasteiger partial charge is 0.254 e.